The van der Waals surface area contributed by atoms with Gasteiger partial charge in [-0.3, -0.25) is 14.4 Å². The molecule has 2 atom stereocenters. The van der Waals surface area contributed by atoms with Gasteiger partial charge in [-0.15, -0.1) is 0 Å². The molecule has 184 valence electrons. The van der Waals surface area contributed by atoms with Gasteiger partial charge in [0.2, 0.25) is 0 Å². The highest BCUT2D eigenvalue weighted by Gasteiger charge is 2.39. The van der Waals surface area contributed by atoms with Gasteiger partial charge in [0.25, 0.3) is 17.6 Å². The highest BCUT2D eigenvalue weighted by atomic mass is 19.4. The number of halogens is 3. The summed E-state index contributed by atoms with van der Waals surface area (Å²) in [5.41, 5.74) is 0.526. The molecular formula is C24H23F3N4O4. The Morgan fingerprint density at radius 1 is 1.06 bits per heavy atom. The van der Waals surface area contributed by atoms with Crippen molar-refractivity contribution in [3.05, 3.63) is 59.9 Å². The van der Waals surface area contributed by atoms with Gasteiger partial charge >= 0.3 is 6.18 Å². The highest BCUT2D eigenvalue weighted by Crippen LogP contribution is 2.30. The number of hydrogen-bond acceptors (Lipinski definition) is 5. The molecule has 2 aromatic heterocycles. The van der Waals surface area contributed by atoms with Crippen LogP contribution < -0.4 is 4.74 Å². The topological polar surface area (TPSA) is 95.6 Å². The Morgan fingerprint density at radius 3 is 2.40 bits per heavy atom. The second-order valence-corrected chi connectivity index (χ2v) is 8.31. The van der Waals surface area contributed by atoms with Crippen molar-refractivity contribution in [2.24, 2.45) is 0 Å². The zero-order valence-electron chi connectivity index (χ0n) is 19.0. The smallest absolute Gasteiger partial charge is 0.422 e. The number of Topliss-reactive ketones (excluding diaryl/α,β-unsaturated/α-hetero) is 1. The second kappa shape index (κ2) is 9.40. The molecule has 1 fully saturated rings. The van der Waals surface area contributed by atoms with Crippen molar-refractivity contribution in [2.45, 2.75) is 32.1 Å². The zero-order valence-corrected chi connectivity index (χ0v) is 19.0. The van der Waals surface area contributed by atoms with Crippen molar-refractivity contribution in [1.82, 2.24) is 19.8 Å². The summed E-state index contributed by atoms with van der Waals surface area (Å²) in [5, 5.41) is 0.00805. The number of hydrogen-bond donors (Lipinski definition) is 1. The number of fused-ring (bicyclic) bond motifs is 1. The molecule has 0 unspecified atom stereocenters. The number of carbonyl (C=O) groups excluding carboxylic acids is 3. The molecule has 8 nitrogen and oxygen atoms in total. The molecule has 0 spiro atoms. The Bertz CT molecular complexity index is 1260. The first-order valence-electron chi connectivity index (χ1n) is 11.0. The first-order valence-corrected chi connectivity index (χ1v) is 11.0. The van der Waals surface area contributed by atoms with Crippen LogP contribution in [0.2, 0.25) is 0 Å². The van der Waals surface area contributed by atoms with Crippen LogP contribution in [-0.4, -0.2) is 75.3 Å². The Kier molecular flexibility index (Phi) is 6.51. The fourth-order valence-electron chi connectivity index (χ4n) is 4.19. The van der Waals surface area contributed by atoms with E-state index in [2.05, 4.69) is 9.97 Å². The minimum Gasteiger partial charge on any atom is -0.483 e. The van der Waals surface area contributed by atoms with E-state index in [1.165, 1.54) is 23.4 Å². The van der Waals surface area contributed by atoms with E-state index in [0.29, 0.717) is 5.56 Å². The maximum atomic E-state index is 13.2. The quantitative estimate of drug-likeness (QED) is 0.439. The maximum Gasteiger partial charge on any atom is 0.422 e. The number of aromatic nitrogens is 2. The third-order valence-corrected chi connectivity index (χ3v) is 6.17. The molecule has 4 rings (SSSR count). The number of nitrogens with one attached hydrogen (secondary N) is 1. The number of piperazine rings is 1. The number of aromatic amines is 1. The monoisotopic (exact) mass is 488 g/mol. The first-order chi connectivity index (χ1) is 16.6. The van der Waals surface area contributed by atoms with Gasteiger partial charge in [0.05, 0.1) is 10.9 Å². The molecule has 11 heteroatoms. The molecular weight excluding hydrogens is 465 g/mol. The first kappa shape index (κ1) is 24.2. The molecule has 1 aliphatic heterocycles. The van der Waals surface area contributed by atoms with Gasteiger partial charge in [-0.05, 0) is 32.0 Å². The lowest BCUT2D eigenvalue weighted by Crippen LogP contribution is -2.61. The number of ether oxygens (including phenoxy) is 1. The van der Waals surface area contributed by atoms with E-state index in [1.54, 1.807) is 43.0 Å². The lowest BCUT2D eigenvalue weighted by molar-refractivity contribution is -0.153. The minimum absolute atomic E-state index is 0.00805. The number of ketones is 1. The number of H-pyrrole nitrogens is 1. The predicted molar refractivity (Wildman–Crippen MR) is 120 cm³/mol. The average molecular weight is 488 g/mol. The Morgan fingerprint density at radius 2 is 1.71 bits per heavy atom. The van der Waals surface area contributed by atoms with E-state index in [4.69, 9.17) is 4.74 Å². The molecule has 1 aliphatic rings. The van der Waals surface area contributed by atoms with E-state index >= 15 is 0 Å². The fourth-order valence-corrected chi connectivity index (χ4v) is 4.19. The second-order valence-electron chi connectivity index (χ2n) is 8.31. The van der Waals surface area contributed by atoms with Crippen molar-refractivity contribution in [3.8, 4) is 5.75 Å². The fraction of sp³-hybridized carbons (Fsp3) is 0.333. The summed E-state index contributed by atoms with van der Waals surface area (Å²) >= 11 is 0. The van der Waals surface area contributed by atoms with Crippen molar-refractivity contribution < 1.29 is 32.3 Å². The summed E-state index contributed by atoms with van der Waals surface area (Å²) in [6.45, 7) is 2.36. The van der Waals surface area contributed by atoms with Crippen LogP contribution in [0.4, 0.5) is 13.2 Å². The van der Waals surface area contributed by atoms with Crippen LogP contribution in [0.1, 0.15) is 34.6 Å². The largest absolute Gasteiger partial charge is 0.483 e. The Balaban J connectivity index is 1.54. The lowest BCUT2D eigenvalue weighted by Gasteiger charge is -2.44. The molecule has 1 saturated heterocycles. The van der Waals surface area contributed by atoms with Crippen molar-refractivity contribution in [3.63, 3.8) is 0 Å². The van der Waals surface area contributed by atoms with Gasteiger partial charge in [-0.1, -0.05) is 18.2 Å². The van der Waals surface area contributed by atoms with E-state index in [1.807, 2.05) is 6.07 Å². The summed E-state index contributed by atoms with van der Waals surface area (Å²) in [6.07, 6.45) is -2.09. The summed E-state index contributed by atoms with van der Waals surface area (Å²) in [6, 6.07) is 9.13. The number of benzene rings is 1. The van der Waals surface area contributed by atoms with Crippen LogP contribution in [0.15, 0.2) is 48.8 Å². The van der Waals surface area contributed by atoms with Crippen LogP contribution in [-0.2, 0) is 4.79 Å². The molecule has 3 heterocycles. The van der Waals surface area contributed by atoms with Crippen LogP contribution >= 0.6 is 0 Å². The molecule has 35 heavy (non-hydrogen) atoms. The number of amides is 2. The van der Waals surface area contributed by atoms with Gasteiger partial charge < -0.3 is 19.5 Å². The van der Waals surface area contributed by atoms with Crippen molar-refractivity contribution in [1.29, 1.82) is 0 Å². The third-order valence-electron chi connectivity index (χ3n) is 6.17. The molecule has 0 saturated carbocycles. The van der Waals surface area contributed by atoms with Gasteiger partial charge in [-0.2, -0.15) is 13.2 Å². The van der Waals surface area contributed by atoms with Gasteiger partial charge in [0, 0.05) is 43.1 Å². The molecule has 3 aromatic rings. The van der Waals surface area contributed by atoms with E-state index < -0.39 is 30.5 Å². The lowest BCUT2D eigenvalue weighted by atomic mass is 10.0. The number of rotatable bonds is 5. The Labute approximate surface area is 198 Å². The summed E-state index contributed by atoms with van der Waals surface area (Å²) < 4.78 is 42.9. The highest BCUT2D eigenvalue weighted by molar-refractivity contribution is 6.45. The summed E-state index contributed by atoms with van der Waals surface area (Å²) in [4.78, 5) is 49.0. The van der Waals surface area contributed by atoms with E-state index in [-0.39, 0.29) is 47.4 Å². The number of pyridine rings is 1. The summed E-state index contributed by atoms with van der Waals surface area (Å²) in [7, 11) is 0. The summed E-state index contributed by atoms with van der Waals surface area (Å²) in [5.74, 6) is -2.09. The minimum atomic E-state index is -4.58. The van der Waals surface area contributed by atoms with Gasteiger partial charge in [0.15, 0.2) is 6.61 Å². The molecule has 0 radical (unpaired) electrons. The normalized spacial score (nSPS) is 18.5. The molecule has 1 N–H and O–H groups in total. The number of carbonyl (C=O) groups is 3. The van der Waals surface area contributed by atoms with Crippen LogP contribution in [0.25, 0.3) is 11.0 Å². The van der Waals surface area contributed by atoms with Crippen LogP contribution in [0.5, 0.6) is 5.75 Å². The standard InChI is InChI=1S/C24H23F3N4O4/c1-14-15(2)31(11-10-30(14)22(33)16-6-4-3-5-7-16)23(34)20(32)17-12-29-21-19(17)18(8-9-28-21)35-13-24(25,26)27/h3-9,12,14-15H,10-11,13H2,1-2H3,(H,28,29)/t14-,15-/m1/s1. The number of alkyl halides is 3. The van der Waals surface area contributed by atoms with Gasteiger partial charge in [-0.25, -0.2) is 4.98 Å². The molecule has 2 amide bonds. The molecule has 0 aliphatic carbocycles. The molecule has 0 bridgehead atoms. The average Bonchev–Trinajstić information content (AvgIpc) is 3.28. The predicted octanol–water partition coefficient (Wildman–Crippen LogP) is 3.45. The number of nitrogens with zero attached hydrogens (tertiary/aromatic N) is 3. The van der Waals surface area contributed by atoms with Crippen LogP contribution in [0.3, 0.4) is 0 Å². The van der Waals surface area contributed by atoms with Gasteiger partial charge in [0.1, 0.15) is 11.4 Å². The van der Waals surface area contributed by atoms with Crippen molar-refractivity contribution in [2.75, 3.05) is 19.7 Å². The van der Waals surface area contributed by atoms with E-state index in [0.717, 1.165) is 0 Å². The zero-order chi connectivity index (χ0) is 25.3. The van der Waals surface area contributed by atoms with E-state index in [9.17, 15) is 27.6 Å². The maximum absolute atomic E-state index is 13.2. The third kappa shape index (κ3) is 4.84. The molecule has 1 aromatic carbocycles. The Hall–Kier alpha value is -3.89. The van der Waals surface area contributed by atoms with Crippen molar-refractivity contribution >= 4 is 28.6 Å². The SMILES string of the molecule is C[C@@H]1[C@@H](C)N(C(=O)c2ccccc2)CCN1C(=O)C(=O)c1c[nH]c2nccc(OCC(F)(F)F)c12. The van der Waals surface area contributed by atoms with Crippen LogP contribution in [0, 0.1) is 0 Å².